The number of rotatable bonds is 3. The zero-order chi connectivity index (χ0) is 16.1. The lowest BCUT2D eigenvalue weighted by molar-refractivity contribution is 0.0600. The maximum atomic E-state index is 12.3. The van der Waals surface area contributed by atoms with E-state index in [0.717, 1.165) is 19.6 Å². The molecular formula is C15H20ClN3O3. The number of carbonyl (C=O) groups excluding carboxylic acids is 2. The molecular weight excluding hydrogens is 306 g/mol. The first-order valence-electron chi connectivity index (χ1n) is 7.21. The van der Waals surface area contributed by atoms with Crippen molar-refractivity contribution in [2.75, 3.05) is 45.2 Å². The molecule has 6 nitrogen and oxygen atoms in total. The lowest BCUT2D eigenvalue weighted by atomic mass is 10.2. The Bertz CT molecular complexity index is 557. The van der Waals surface area contributed by atoms with Crippen molar-refractivity contribution in [3.63, 3.8) is 0 Å². The standard InChI is InChI=1S/C15H20ClN3O3/c1-3-18-6-8-19(9-7-18)15(21)17-13-10-11(14(20)22-2)4-5-12(13)16/h4-5,10H,3,6-9H2,1-2H3,(H,17,21). The molecule has 120 valence electrons. The number of benzene rings is 1. The van der Waals surface area contributed by atoms with Crippen molar-refractivity contribution in [3.8, 4) is 0 Å². The van der Waals surface area contributed by atoms with Crippen molar-refractivity contribution in [2.45, 2.75) is 6.92 Å². The van der Waals surface area contributed by atoms with Crippen LogP contribution in [0.25, 0.3) is 0 Å². The van der Waals surface area contributed by atoms with E-state index in [1.165, 1.54) is 13.2 Å². The minimum absolute atomic E-state index is 0.209. The topological polar surface area (TPSA) is 61.9 Å². The van der Waals surface area contributed by atoms with Gasteiger partial charge in [-0.3, -0.25) is 0 Å². The summed E-state index contributed by atoms with van der Waals surface area (Å²) in [5, 5.41) is 3.14. The van der Waals surface area contributed by atoms with Crippen LogP contribution in [0.3, 0.4) is 0 Å². The van der Waals surface area contributed by atoms with Gasteiger partial charge in [0.25, 0.3) is 0 Å². The fourth-order valence-electron chi connectivity index (χ4n) is 2.33. The van der Waals surface area contributed by atoms with Crippen LogP contribution >= 0.6 is 11.6 Å². The van der Waals surface area contributed by atoms with Crippen molar-refractivity contribution in [2.24, 2.45) is 0 Å². The Morgan fingerprint density at radius 1 is 1.27 bits per heavy atom. The van der Waals surface area contributed by atoms with Crippen LogP contribution in [-0.4, -0.2) is 61.6 Å². The molecule has 1 heterocycles. The lowest BCUT2D eigenvalue weighted by Crippen LogP contribution is -2.49. The Morgan fingerprint density at radius 3 is 2.55 bits per heavy atom. The molecule has 2 amide bonds. The smallest absolute Gasteiger partial charge is 0.337 e. The molecule has 0 aliphatic carbocycles. The summed E-state index contributed by atoms with van der Waals surface area (Å²) in [7, 11) is 1.31. The second-order valence-corrected chi connectivity index (χ2v) is 5.44. The lowest BCUT2D eigenvalue weighted by Gasteiger charge is -2.34. The number of ether oxygens (including phenoxy) is 1. The third-order valence-electron chi connectivity index (χ3n) is 3.74. The number of likely N-dealkylation sites (N-methyl/N-ethyl adjacent to an activating group) is 1. The highest BCUT2D eigenvalue weighted by molar-refractivity contribution is 6.33. The van der Waals surface area contributed by atoms with E-state index in [1.54, 1.807) is 17.0 Å². The van der Waals surface area contributed by atoms with Crippen LogP contribution in [0.15, 0.2) is 18.2 Å². The van der Waals surface area contributed by atoms with Crippen LogP contribution in [0.4, 0.5) is 10.5 Å². The maximum Gasteiger partial charge on any atom is 0.337 e. The molecule has 1 fully saturated rings. The fourth-order valence-corrected chi connectivity index (χ4v) is 2.49. The van der Waals surface area contributed by atoms with E-state index >= 15 is 0 Å². The maximum absolute atomic E-state index is 12.3. The van der Waals surface area contributed by atoms with Gasteiger partial charge in [0.1, 0.15) is 0 Å². The number of amides is 2. The Balaban J connectivity index is 2.04. The average molecular weight is 326 g/mol. The number of methoxy groups -OCH3 is 1. The molecule has 22 heavy (non-hydrogen) atoms. The Morgan fingerprint density at radius 2 is 1.95 bits per heavy atom. The molecule has 0 radical (unpaired) electrons. The molecule has 1 aliphatic rings. The predicted molar refractivity (Wildman–Crippen MR) is 85.5 cm³/mol. The largest absolute Gasteiger partial charge is 0.465 e. The highest BCUT2D eigenvalue weighted by atomic mass is 35.5. The summed E-state index contributed by atoms with van der Waals surface area (Å²) in [6.45, 7) is 6.16. The molecule has 0 unspecified atom stereocenters. The van der Waals surface area contributed by atoms with Gasteiger partial charge >= 0.3 is 12.0 Å². The average Bonchev–Trinajstić information content (AvgIpc) is 2.56. The van der Waals surface area contributed by atoms with Crippen LogP contribution in [0.5, 0.6) is 0 Å². The van der Waals surface area contributed by atoms with Gasteiger partial charge in [0.2, 0.25) is 0 Å². The van der Waals surface area contributed by atoms with Crippen LogP contribution in [0, 0.1) is 0 Å². The van der Waals surface area contributed by atoms with Crippen LogP contribution in [-0.2, 0) is 4.74 Å². The van der Waals surface area contributed by atoms with Crippen LogP contribution < -0.4 is 5.32 Å². The predicted octanol–water partition coefficient (Wildman–Crippen LogP) is 2.30. The third-order valence-corrected chi connectivity index (χ3v) is 4.07. The second kappa shape index (κ2) is 7.47. The molecule has 1 aliphatic heterocycles. The molecule has 0 atom stereocenters. The van der Waals surface area contributed by atoms with Gasteiger partial charge in [-0.1, -0.05) is 18.5 Å². The van der Waals surface area contributed by atoms with Gasteiger partial charge in [-0.25, -0.2) is 9.59 Å². The quantitative estimate of drug-likeness (QED) is 0.866. The molecule has 0 aromatic heterocycles. The summed E-state index contributed by atoms with van der Waals surface area (Å²) in [6.07, 6.45) is 0. The van der Waals surface area contributed by atoms with E-state index in [2.05, 4.69) is 21.9 Å². The van der Waals surface area contributed by atoms with Crippen molar-refractivity contribution in [1.82, 2.24) is 9.80 Å². The molecule has 2 rings (SSSR count). The van der Waals surface area contributed by atoms with Gasteiger partial charge < -0.3 is 19.9 Å². The van der Waals surface area contributed by atoms with Crippen molar-refractivity contribution in [3.05, 3.63) is 28.8 Å². The molecule has 0 spiro atoms. The summed E-state index contributed by atoms with van der Waals surface area (Å²) in [6, 6.07) is 4.44. The van der Waals surface area contributed by atoms with Gasteiger partial charge in [-0.15, -0.1) is 0 Å². The first kappa shape index (κ1) is 16.6. The zero-order valence-electron chi connectivity index (χ0n) is 12.8. The van der Waals surface area contributed by atoms with Crippen molar-refractivity contribution in [1.29, 1.82) is 0 Å². The van der Waals surface area contributed by atoms with Gasteiger partial charge in [0.15, 0.2) is 0 Å². The molecule has 1 saturated heterocycles. The summed E-state index contributed by atoms with van der Waals surface area (Å²) in [5.74, 6) is -0.469. The second-order valence-electron chi connectivity index (χ2n) is 5.04. The highest BCUT2D eigenvalue weighted by Gasteiger charge is 2.21. The molecule has 1 N–H and O–H groups in total. The number of hydrogen-bond acceptors (Lipinski definition) is 4. The Kier molecular flexibility index (Phi) is 5.63. The number of urea groups is 1. The summed E-state index contributed by atoms with van der Waals surface area (Å²) >= 11 is 6.08. The van der Waals surface area contributed by atoms with E-state index in [-0.39, 0.29) is 6.03 Å². The molecule has 1 aromatic rings. The summed E-state index contributed by atoms with van der Waals surface area (Å²) in [5.41, 5.74) is 0.755. The third kappa shape index (κ3) is 3.90. The minimum Gasteiger partial charge on any atom is -0.465 e. The van der Waals surface area contributed by atoms with Crippen LogP contribution in [0.2, 0.25) is 5.02 Å². The molecule has 0 saturated carbocycles. The number of piperazine rings is 1. The van der Waals surface area contributed by atoms with E-state index in [4.69, 9.17) is 11.6 Å². The monoisotopic (exact) mass is 325 g/mol. The number of nitrogens with one attached hydrogen (secondary N) is 1. The van der Waals surface area contributed by atoms with E-state index in [9.17, 15) is 9.59 Å². The van der Waals surface area contributed by atoms with E-state index in [1.807, 2.05) is 0 Å². The van der Waals surface area contributed by atoms with Crippen molar-refractivity contribution >= 4 is 29.3 Å². The molecule has 7 heteroatoms. The highest BCUT2D eigenvalue weighted by Crippen LogP contribution is 2.24. The number of halogens is 1. The van der Waals surface area contributed by atoms with Crippen LogP contribution in [0.1, 0.15) is 17.3 Å². The number of nitrogens with zero attached hydrogens (tertiary/aromatic N) is 2. The Hall–Kier alpha value is -1.79. The van der Waals surface area contributed by atoms with Crippen molar-refractivity contribution < 1.29 is 14.3 Å². The minimum atomic E-state index is -0.469. The van der Waals surface area contributed by atoms with Gasteiger partial charge in [-0.05, 0) is 24.7 Å². The van der Waals surface area contributed by atoms with E-state index in [0.29, 0.717) is 29.4 Å². The molecule has 0 bridgehead atoms. The van der Waals surface area contributed by atoms with E-state index < -0.39 is 5.97 Å². The summed E-state index contributed by atoms with van der Waals surface area (Å²) in [4.78, 5) is 27.9. The SMILES string of the molecule is CCN1CCN(C(=O)Nc2cc(C(=O)OC)ccc2Cl)CC1. The zero-order valence-corrected chi connectivity index (χ0v) is 13.5. The normalized spacial score (nSPS) is 15.5. The summed E-state index contributed by atoms with van der Waals surface area (Å²) < 4.78 is 4.67. The number of esters is 1. The van der Waals surface area contributed by atoms with Gasteiger partial charge in [-0.2, -0.15) is 0 Å². The number of hydrogen-bond donors (Lipinski definition) is 1. The first-order chi connectivity index (χ1) is 10.5. The molecule has 1 aromatic carbocycles. The van der Waals surface area contributed by atoms with Gasteiger partial charge in [0, 0.05) is 26.2 Å². The Labute approximate surface area is 135 Å². The first-order valence-corrected chi connectivity index (χ1v) is 7.59. The number of anilines is 1. The number of carbonyl (C=O) groups is 2. The fraction of sp³-hybridized carbons (Fsp3) is 0.467. The van der Waals surface area contributed by atoms with Gasteiger partial charge in [0.05, 0.1) is 23.4 Å².